The lowest BCUT2D eigenvalue weighted by Gasteiger charge is -2.09. The van der Waals surface area contributed by atoms with Gasteiger partial charge in [0.15, 0.2) is 6.10 Å². The van der Waals surface area contributed by atoms with Gasteiger partial charge in [-0.25, -0.2) is 4.79 Å². The fraction of sp³-hybridized carbons (Fsp3) is 0.364. The fourth-order valence-corrected chi connectivity index (χ4v) is 1.28. The van der Waals surface area contributed by atoms with Gasteiger partial charge in [0.2, 0.25) is 0 Å². The molecule has 0 bridgehead atoms. The molecular weight excluding hydrogens is 180 g/mol. The Morgan fingerprint density at radius 3 is 2.57 bits per heavy atom. The molecule has 76 valence electrons. The average molecular weight is 194 g/mol. The molecule has 0 saturated heterocycles. The first-order chi connectivity index (χ1) is 6.74. The number of carboxylic acid groups (broad SMARTS) is 1. The molecule has 14 heavy (non-hydrogen) atoms. The Labute approximate surface area is 83.3 Å². The summed E-state index contributed by atoms with van der Waals surface area (Å²) in [6.45, 7) is 0. The highest BCUT2D eigenvalue weighted by molar-refractivity contribution is 5.72. The number of hydrogen-bond acceptors (Lipinski definition) is 2. The third-order valence-electron chi connectivity index (χ3n) is 2.10. The summed E-state index contributed by atoms with van der Waals surface area (Å²) in [7, 11) is 1.42. The Hall–Kier alpha value is -1.35. The zero-order valence-corrected chi connectivity index (χ0v) is 8.14. The van der Waals surface area contributed by atoms with E-state index in [4.69, 9.17) is 9.84 Å². The van der Waals surface area contributed by atoms with E-state index in [-0.39, 0.29) is 0 Å². The van der Waals surface area contributed by atoms with Crippen LogP contribution < -0.4 is 0 Å². The van der Waals surface area contributed by atoms with Gasteiger partial charge in [0, 0.05) is 7.11 Å². The maximum Gasteiger partial charge on any atom is 0.332 e. The van der Waals surface area contributed by atoms with Gasteiger partial charge in [-0.05, 0) is 18.4 Å². The molecule has 1 unspecified atom stereocenters. The highest BCUT2D eigenvalue weighted by Gasteiger charge is 2.15. The number of aryl methyl sites for hydroxylation is 1. The first-order valence-electron chi connectivity index (χ1n) is 4.53. The minimum absolute atomic E-state index is 0.510. The van der Waals surface area contributed by atoms with Crippen molar-refractivity contribution < 1.29 is 14.6 Å². The maximum absolute atomic E-state index is 10.6. The number of hydrogen-bond donors (Lipinski definition) is 1. The van der Waals surface area contributed by atoms with Crippen LogP contribution in [0.5, 0.6) is 0 Å². The molecule has 0 fully saturated rings. The molecule has 0 radical (unpaired) electrons. The summed E-state index contributed by atoms with van der Waals surface area (Å²) in [5.41, 5.74) is 1.14. The van der Waals surface area contributed by atoms with Crippen molar-refractivity contribution in [1.82, 2.24) is 0 Å². The van der Waals surface area contributed by atoms with Gasteiger partial charge in [-0.3, -0.25) is 0 Å². The fourth-order valence-electron chi connectivity index (χ4n) is 1.28. The first kappa shape index (κ1) is 10.7. The third kappa shape index (κ3) is 3.18. The van der Waals surface area contributed by atoms with Crippen molar-refractivity contribution in [2.75, 3.05) is 7.11 Å². The van der Waals surface area contributed by atoms with E-state index in [0.29, 0.717) is 6.42 Å². The second-order valence-electron chi connectivity index (χ2n) is 3.09. The van der Waals surface area contributed by atoms with Crippen LogP contribution in [0.2, 0.25) is 0 Å². The van der Waals surface area contributed by atoms with Crippen molar-refractivity contribution in [3.05, 3.63) is 35.9 Å². The number of benzene rings is 1. The number of ether oxygens (including phenoxy) is 1. The lowest BCUT2D eigenvalue weighted by molar-refractivity contribution is -0.148. The molecule has 3 nitrogen and oxygen atoms in total. The van der Waals surface area contributed by atoms with E-state index in [0.717, 1.165) is 12.0 Å². The van der Waals surface area contributed by atoms with E-state index < -0.39 is 12.1 Å². The topological polar surface area (TPSA) is 46.5 Å². The van der Waals surface area contributed by atoms with Gasteiger partial charge in [-0.1, -0.05) is 30.3 Å². The van der Waals surface area contributed by atoms with Crippen molar-refractivity contribution in [3.63, 3.8) is 0 Å². The predicted molar refractivity (Wildman–Crippen MR) is 53.2 cm³/mol. The predicted octanol–water partition coefficient (Wildman–Crippen LogP) is 1.72. The maximum atomic E-state index is 10.6. The normalized spacial score (nSPS) is 12.4. The highest BCUT2D eigenvalue weighted by atomic mass is 16.5. The summed E-state index contributed by atoms with van der Waals surface area (Å²) >= 11 is 0. The molecule has 1 N–H and O–H groups in total. The standard InChI is InChI=1S/C11H14O3/c1-14-10(11(12)13)8-7-9-5-3-2-4-6-9/h2-6,10H,7-8H2,1H3,(H,12,13). The smallest absolute Gasteiger partial charge is 0.332 e. The number of carboxylic acids is 1. The van der Waals surface area contributed by atoms with Gasteiger partial charge < -0.3 is 9.84 Å². The Morgan fingerprint density at radius 1 is 1.43 bits per heavy atom. The molecule has 1 aromatic rings. The van der Waals surface area contributed by atoms with Crippen LogP contribution in [0.1, 0.15) is 12.0 Å². The molecular formula is C11H14O3. The molecule has 3 heteroatoms. The zero-order chi connectivity index (χ0) is 10.4. The third-order valence-corrected chi connectivity index (χ3v) is 2.10. The van der Waals surface area contributed by atoms with Crippen molar-refractivity contribution in [1.29, 1.82) is 0 Å². The minimum atomic E-state index is -0.900. The molecule has 0 amide bonds. The largest absolute Gasteiger partial charge is 0.479 e. The number of aliphatic carboxylic acids is 1. The molecule has 0 heterocycles. The van der Waals surface area contributed by atoms with Gasteiger partial charge >= 0.3 is 5.97 Å². The molecule has 0 aliphatic carbocycles. The number of rotatable bonds is 5. The molecule has 0 spiro atoms. The molecule has 0 aromatic heterocycles. The zero-order valence-electron chi connectivity index (χ0n) is 8.14. The van der Waals surface area contributed by atoms with Crippen LogP contribution >= 0.6 is 0 Å². The highest BCUT2D eigenvalue weighted by Crippen LogP contribution is 2.06. The van der Waals surface area contributed by atoms with Crippen LogP contribution in [-0.4, -0.2) is 24.3 Å². The van der Waals surface area contributed by atoms with Crippen LogP contribution in [0.3, 0.4) is 0 Å². The first-order valence-corrected chi connectivity index (χ1v) is 4.53. The lowest BCUT2D eigenvalue weighted by Crippen LogP contribution is -2.22. The van der Waals surface area contributed by atoms with Crippen molar-refractivity contribution in [2.45, 2.75) is 18.9 Å². The Bertz CT molecular complexity index is 282. The molecule has 1 aromatic carbocycles. The van der Waals surface area contributed by atoms with E-state index in [1.807, 2.05) is 30.3 Å². The monoisotopic (exact) mass is 194 g/mol. The molecule has 1 rings (SSSR count). The van der Waals surface area contributed by atoms with Gasteiger partial charge in [-0.2, -0.15) is 0 Å². The van der Waals surface area contributed by atoms with E-state index in [1.165, 1.54) is 7.11 Å². The van der Waals surface area contributed by atoms with Crippen molar-refractivity contribution in [3.8, 4) is 0 Å². The number of methoxy groups -OCH3 is 1. The summed E-state index contributed by atoms with van der Waals surface area (Å²) < 4.78 is 4.83. The van der Waals surface area contributed by atoms with Crippen LogP contribution in [0.25, 0.3) is 0 Å². The van der Waals surface area contributed by atoms with Crippen molar-refractivity contribution >= 4 is 5.97 Å². The van der Waals surface area contributed by atoms with Crippen LogP contribution in [-0.2, 0) is 16.0 Å². The quantitative estimate of drug-likeness (QED) is 0.776. The summed E-state index contributed by atoms with van der Waals surface area (Å²) in [5, 5.41) is 8.73. The molecule has 1 atom stereocenters. The molecule has 0 aliphatic heterocycles. The Morgan fingerprint density at radius 2 is 2.07 bits per heavy atom. The van der Waals surface area contributed by atoms with Crippen molar-refractivity contribution in [2.24, 2.45) is 0 Å². The van der Waals surface area contributed by atoms with E-state index >= 15 is 0 Å². The van der Waals surface area contributed by atoms with E-state index in [9.17, 15) is 4.79 Å². The second kappa shape index (κ2) is 5.40. The van der Waals surface area contributed by atoms with E-state index in [1.54, 1.807) is 0 Å². The average Bonchev–Trinajstić information content (AvgIpc) is 2.20. The van der Waals surface area contributed by atoms with Crippen LogP contribution in [0.4, 0.5) is 0 Å². The van der Waals surface area contributed by atoms with Gasteiger partial charge in [0.05, 0.1) is 0 Å². The Kier molecular flexibility index (Phi) is 4.13. The molecule has 0 saturated carbocycles. The SMILES string of the molecule is COC(CCc1ccccc1)C(=O)O. The van der Waals surface area contributed by atoms with Gasteiger partial charge in [-0.15, -0.1) is 0 Å². The van der Waals surface area contributed by atoms with Crippen LogP contribution in [0, 0.1) is 0 Å². The second-order valence-corrected chi connectivity index (χ2v) is 3.09. The summed E-state index contributed by atoms with van der Waals surface area (Å²) in [6.07, 6.45) is 0.539. The van der Waals surface area contributed by atoms with Crippen LogP contribution in [0.15, 0.2) is 30.3 Å². The molecule has 0 aliphatic rings. The minimum Gasteiger partial charge on any atom is -0.479 e. The summed E-state index contributed by atoms with van der Waals surface area (Å²) in [6, 6.07) is 9.79. The van der Waals surface area contributed by atoms with Gasteiger partial charge in [0.25, 0.3) is 0 Å². The van der Waals surface area contributed by atoms with E-state index in [2.05, 4.69) is 0 Å². The Balaban J connectivity index is 2.44. The lowest BCUT2D eigenvalue weighted by atomic mass is 10.1. The van der Waals surface area contributed by atoms with Gasteiger partial charge in [0.1, 0.15) is 0 Å². The summed E-state index contributed by atoms with van der Waals surface area (Å²) in [4.78, 5) is 10.6. The summed E-state index contributed by atoms with van der Waals surface area (Å²) in [5.74, 6) is -0.900. The number of carbonyl (C=O) groups is 1.